The zero-order valence-electron chi connectivity index (χ0n) is 10.4. The Balaban J connectivity index is 2.02. The molecular weight excluding hydrogens is 230 g/mol. The van der Waals surface area contributed by atoms with E-state index in [-0.39, 0.29) is 12.6 Å². The Bertz CT molecular complexity index is 575. The second-order valence-corrected chi connectivity index (χ2v) is 4.10. The molecule has 5 heteroatoms. The maximum absolute atomic E-state index is 11.8. The predicted molar refractivity (Wildman–Crippen MR) is 67.9 cm³/mol. The highest BCUT2D eigenvalue weighted by Gasteiger charge is 2.09. The van der Waals surface area contributed by atoms with Crippen molar-refractivity contribution in [1.29, 1.82) is 0 Å². The number of ether oxygens (including phenoxy) is 1. The summed E-state index contributed by atoms with van der Waals surface area (Å²) in [5.74, 6) is -0.388. The van der Waals surface area contributed by atoms with Crippen LogP contribution < -0.4 is 5.73 Å². The summed E-state index contributed by atoms with van der Waals surface area (Å²) in [6.45, 7) is 2.09. The Morgan fingerprint density at radius 1 is 1.44 bits per heavy atom. The molecule has 1 heterocycles. The van der Waals surface area contributed by atoms with E-state index in [0.717, 1.165) is 11.4 Å². The third-order valence-corrected chi connectivity index (χ3v) is 2.57. The predicted octanol–water partition coefficient (Wildman–Crippen LogP) is 1.67. The van der Waals surface area contributed by atoms with Crippen LogP contribution in [0.1, 0.15) is 21.7 Å². The van der Waals surface area contributed by atoms with Crippen molar-refractivity contribution in [2.75, 3.05) is 5.73 Å². The lowest BCUT2D eigenvalue weighted by molar-refractivity contribution is 0.0463. The molecule has 0 saturated carbocycles. The highest BCUT2D eigenvalue weighted by atomic mass is 16.5. The number of nitrogens with two attached hydrogens (primary N) is 1. The van der Waals surface area contributed by atoms with Gasteiger partial charge >= 0.3 is 5.97 Å². The van der Waals surface area contributed by atoms with Gasteiger partial charge in [-0.05, 0) is 31.2 Å². The Morgan fingerprint density at radius 3 is 2.83 bits per heavy atom. The molecule has 0 amide bonds. The van der Waals surface area contributed by atoms with Crippen molar-refractivity contribution < 1.29 is 9.53 Å². The summed E-state index contributed by atoms with van der Waals surface area (Å²) in [5.41, 5.74) is 8.35. The van der Waals surface area contributed by atoms with Gasteiger partial charge in [-0.15, -0.1) is 0 Å². The molecule has 18 heavy (non-hydrogen) atoms. The van der Waals surface area contributed by atoms with Crippen LogP contribution in [-0.2, 0) is 18.4 Å². The summed E-state index contributed by atoms with van der Waals surface area (Å²) in [6.07, 6.45) is 0. The third kappa shape index (κ3) is 2.68. The summed E-state index contributed by atoms with van der Waals surface area (Å²) in [6, 6.07) is 8.60. The monoisotopic (exact) mass is 245 g/mol. The van der Waals surface area contributed by atoms with Gasteiger partial charge in [-0.1, -0.05) is 6.07 Å². The number of aromatic nitrogens is 2. The van der Waals surface area contributed by atoms with Crippen molar-refractivity contribution in [3.05, 3.63) is 47.3 Å². The van der Waals surface area contributed by atoms with Crippen molar-refractivity contribution in [1.82, 2.24) is 9.78 Å². The lowest BCUT2D eigenvalue weighted by Gasteiger charge is -2.05. The molecule has 0 aliphatic carbocycles. The molecule has 94 valence electrons. The lowest BCUT2D eigenvalue weighted by atomic mass is 10.2. The summed E-state index contributed by atoms with van der Waals surface area (Å²) >= 11 is 0. The van der Waals surface area contributed by atoms with Crippen LogP contribution >= 0.6 is 0 Å². The zero-order valence-corrected chi connectivity index (χ0v) is 10.4. The average Bonchev–Trinajstić information content (AvgIpc) is 2.65. The number of hydrogen-bond donors (Lipinski definition) is 1. The second kappa shape index (κ2) is 4.91. The van der Waals surface area contributed by atoms with E-state index in [0.29, 0.717) is 11.3 Å². The molecule has 0 aliphatic rings. The molecular formula is C13H15N3O2. The third-order valence-electron chi connectivity index (χ3n) is 2.57. The van der Waals surface area contributed by atoms with E-state index in [9.17, 15) is 4.79 Å². The topological polar surface area (TPSA) is 70.1 Å². The van der Waals surface area contributed by atoms with E-state index in [1.807, 2.05) is 20.0 Å². The largest absolute Gasteiger partial charge is 0.456 e. The van der Waals surface area contributed by atoms with Gasteiger partial charge in [-0.2, -0.15) is 5.10 Å². The van der Waals surface area contributed by atoms with Crippen LogP contribution in [-0.4, -0.2) is 15.7 Å². The normalized spacial score (nSPS) is 10.3. The van der Waals surface area contributed by atoms with Gasteiger partial charge in [0, 0.05) is 12.7 Å². The average molecular weight is 245 g/mol. The highest BCUT2D eigenvalue weighted by molar-refractivity contribution is 5.90. The first-order valence-corrected chi connectivity index (χ1v) is 5.58. The van der Waals surface area contributed by atoms with E-state index < -0.39 is 0 Å². The van der Waals surface area contributed by atoms with Gasteiger partial charge in [0.25, 0.3) is 0 Å². The number of anilines is 1. The second-order valence-electron chi connectivity index (χ2n) is 4.10. The first kappa shape index (κ1) is 12.2. The molecule has 0 saturated heterocycles. The Kier molecular flexibility index (Phi) is 3.32. The van der Waals surface area contributed by atoms with Crippen LogP contribution in [0.3, 0.4) is 0 Å². The van der Waals surface area contributed by atoms with Crippen LogP contribution in [0.2, 0.25) is 0 Å². The van der Waals surface area contributed by atoms with Crippen molar-refractivity contribution in [2.45, 2.75) is 13.5 Å². The van der Waals surface area contributed by atoms with Crippen LogP contribution in [0.15, 0.2) is 30.3 Å². The Hall–Kier alpha value is -2.30. The van der Waals surface area contributed by atoms with E-state index in [4.69, 9.17) is 10.5 Å². The summed E-state index contributed by atoms with van der Waals surface area (Å²) in [4.78, 5) is 11.8. The molecule has 0 fully saturated rings. The van der Waals surface area contributed by atoms with E-state index in [2.05, 4.69) is 5.10 Å². The molecule has 0 radical (unpaired) electrons. The van der Waals surface area contributed by atoms with Gasteiger partial charge in [-0.3, -0.25) is 4.68 Å². The molecule has 2 aromatic rings. The molecule has 0 atom stereocenters. The first-order chi connectivity index (χ1) is 8.56. The fourth-order valence-electron chi connectivity index (χ4n) is 1.69. The molecule has 5 nitrogen and oxygen atoms in total. The molecule has 1 aromatic heterocycles. The fourth-order valence-corrected chi connectivity index (χ4v) is 1.69. The number of benzene rings is 1. The smallest absolute Gasteiger partial charge is 0.338 e. The summed E-state index contributed by atoms with van der Waals surface area (Å²) in [5, 5.41) is 4.18. The molecule has 2 N–H and O–H groups in total. The maximum atomic E-state index is 11.8. The van der Waals surface area contributed by atoms with Gasteiger partial charge in [0.15, 0.2) is 0 Å². The molecule has 0 unspecified atom stereocenters. The number of hydrogen-bond acceptors (Lipinski definition) is 4. The zero-order chi connectivity index (χ0) is 13.1. The van der Waals surface area contributed by atoms with Crippen LogP contribution in [0.25, 0.3) is 0 Å². The number of rotatable bonds is 3. The van der Waals surface area contributed by atoms with E-state index >= 15 is 0 Å². The van der Waals surface area contributed by atoms with Crippen molar-refractivity contribution in [2.24, 2.45) is 7.05 Å². The maximum Gasteiger partial charge on any atom is 0.338 e. The van der Waals surface area contributed by atoms with Crippen molar-refractivity contribution in [3.8, 4) is 0 Å². The molecule has 0 bridgehead atoms. The van der Waals surface area contributed by atoms with E-state index in [1.165, 1.54) is 0 Å². The summed E-state index contributed by atoms with van der Waals surface area (Å²) < 4.78 is 6.90. The quantitative estimate of drug-likeness (QED) is 0.659. The van der Waals surface area contributed by atoms with Crippen molar-refractivity contribution in [3.63, 3.8) is 0 Å². The fraction of sp³-hybridized carbons (Fsp3) is 0.231. The Labute approximate surface area is 105 Å². The minimum atomic E-state index is -0.388. The minimum absolute atomic E-state index is 0.199. The molecule has 2 rings (SSSR count). The van der Waals surface area contributed by atoms with Gasteiger partial charge < -0.3 is 10.5 Å². The number of nitrogens with zero attached hydrogens (tertiary/aromatic N) is 2. The van der Waals surface area contributed by atoms with Gasteiger partial charge in [0.1, 0.15) is 6.61 Å². The molecule has 1 aromatic carbocycles. The van der Waals surface area contributed by atoms with Crippen LogP contribution in [0.4, 0.5) is 5.69 Å². The highest BCUT2D eigenvalue weighted by Crippen LogP contribution is 2.10. The number of nitrogen functional groups attached to an aromatic ring is 1. The number of carbonyl (C=O) groups excluding carboxylic acids is 1. The standard InChI is InChI=1S/C13H15N3O2/c1-9-6-12(16(2)15-9)8-18-13(17)10-4-3-5-11(14)7-10/h3-7H,8,14H2,1-2H3. The van der Waals surface area contributed by atoms with Gasteiger partial charge in [0.2, 0.25) is 0 Å². The number of aryl methyl sites for hydroxylation is 2. The molecule has 0 spiro atoms. The van der Waals surface area contributed by atoms with Crippen molar-refractivity contribution >= 4 is 11.7 Å². The summed E-state index contributed by atoms with van der Waals surface area (Å²) in [7, 11) is 1.82. The first-order valence-electron chi connectivity index (χ1n) is 5.58. The Morgan fingerprint density at radius 2 is 2.22 bits per heavy atom. The number of carbonyl (C=O) groups is 1. The van der Waals surface area contributed by atoms with Gasteiger partial charge in [-0.25, -0.2) is 4.79 Å². The van der Waals surface area contributed by atoms with Crippen LogP contribution in [0.5, 0.6) is 0 Å². The minimum Gasteiger partial charge on any atom is -0.456 e. The van der Waals surface area contributed by atoms with E-state index in [1.54, 1.807) is 28.9 Å². The lowest BCUT2D eigenvalue weighted by Crippen LogP contribution is -2.08. The number of esters is 1. The SMILES string of the molecule is Cc1cc(COC(=O)c2cccc(N)c2)n(C)n1. The molecule has 0 aliphatic heterocycles. The van der Waals surface area contributed by atoms with Gasteiger partial charge in [0.05, 0.1) is 17.0 Å². The van der Waals surface area contributed by atoms with Crippen LogP contribution in [0, 0.1) is 6.92 Å².